The van der Waals surface area contributed by atoms with Crippen molar-refractivity contribution in [3.8, 4) is 5.88 Å². The number of nitrogens with zero attached hydrogens (tertiary/aromatic N) is 2. The van der Waals surface area contributed by atoms with E-state index >= 15 is 0 Å². The van der Waals surface area contributed by atoms with E-state index in [4.69, 9.17) is 14.6 Å². The van der Waals surface area contributed by atoms with E-state index in [1.165, 1.54) is 4.68 Å². The van der Waals surface area contributed by atoms with Crippen molar-refractivity contribution in [3.05, 3.63) is 11.3 Å². The summed E-state index contributed by atoms with van der Waals surface area (Å²) in [6, 6.07) is 0. The Balaban J connectivity index is 2.61. The van der Waals surface area contributed by atoms with Gasteiger partial charge in [-0.3, -0.25) is 0 Å². The van der Waals surface area contributed by atoms with Gasteiger partial charge in [-0.25, -0.2) is 9.48 Å². The number of carboxylic acid groups (broad SMARTS) is 1. The molecule has 96 valence electrons. The largest absolute Gasteiger partial charge is 0.477 e. The van der Waals surface area contributed by atoms with E-state index in [1.807, 2.05) is 6.92 Å². The van der Waals surface area contributed by atoms with E-state index in [1.54, 1.807) is 14.0 Å². The van der Waals surface area contributed by atoms with Crippen molar-refractivity contribution in [2.75, 3.05) is 19.8 Å². The average molecular weight is 242 g/mol. The fourth-order valence-electron chi connectivity index (χ4n) is 1.49. The van der Waals surface area contributed by atoms with Crippen LogP contribution in [0.4, 0.5) is 0 Å². The first kappa shape index (κ1) is 13.5. The Labute approximate surface area is 100 Å². The van der Waals surface area contributed by atoms with Crippen LogP contribution >= 0.6 is 0 Å². The first-order valence-corrected chi connectivity index (χ1v) is 5.55. The lowest BCUT2D eigenvalue weighted by atomic mass is 10.2. The molecule has 6 heteroatoms. The topological polar surface area (TPSA) is 73.6 Å². The number of aryl methyl sites for hydroxylation is 2. The van der Waals surface area contributed by atoms with E-state index in [2.05, 4.69) is 5.10 Å². The average Bonchev–Trinajstić information content (AvgIpc) is 2.53. The minimum Gasteiger partial charge on any atom is -0.477 e. The Hall–Kier alpha value is -1.56. The van der Waals surface area contributed by atoms with Gasteiger partial charge in [-0.05, 0) is 13.3 Å². The molecule has 0 unspecified atom stereocenters. The Kier molecular flexibility index (Phi) is 4.96. The van der Waals surface area contributed by atoms with Gasteiger partial charge in [0.2, 0.25) is 5.88 Å². The molecule has 0 amide bonds. The molecule has 0 atom stereocenters. The first-order chi connectivity index (χ1) is 8.07. The Morgan fingerprint density at radius 3 is 2.71 bits per heavy atom. The van der Waals surface area contributed by atoms with E-state index in [0.717, 1.165) is 6.42 Å². The molecule has 0 aromatic carbocycles. The standard InChI is InChI=1S/C11H18N2O4/c1-4-5-16-6-7-17-10-9(11(14)15)8(2)12-13(10)3/h4-7H2,1-3H3,(H,14,15). The fraction of sp³-hybridized carbons (Fsp3) is 0.636. The number of carbonyl (C=O) groups is 1. The third-order valence-corrected chi connectivity index (χ3v) is 2.20. The summed E-state index contributed by atoms with van der Waals surface area (Å²) < 4.78 is 12.1. The highest BCUT2D eigenvalue weighted by atomic mass is 16.5. The SMILES string of the molecule is CCCOCCOc1c(C(=O)O)c(C)nn1C. The second-order valence-electron chi connectivity index (χ2n) is 3.66. The molecule has 0 aliphatic heterocycles. The molecule has 17 heavy (non-hydrogen) atoms. The molecule has 1 heterocycles. The van der Waals surface area contributed by atoms with E-state index < -0.39 is 5.97 Å². The van der Waals surface area contributed by atoms with Crippen molar-refractivity contribution in [2.45, 2.75) is 20.3 Å². The van der Waals surface area contributed by atoms with E-state index in [0.29, 0.717) is 25.5 Å². The summed E-state index contributed by atoms with van der Waals surface area (Å²) in [5.74, 6) is -0.754. The van der Waals surface area contributed by atoms with Gasteiger partial charge in [-0.2, -0.15) is 5.10 Å². The molecular weight excluding hydrogens is 224 g/mol. The maximum Gasteiger partial charge on any atom is 0.343 e. The molecule has 1 aromatic rings. The van der Waals surface area contributed by atoms with Crippen molar-refractivity contribution < 1.29 is 19.4 Å². The highest BCUT2D eigenvalue weighted by Gasteiger charge is 2.20. The molecule has 0 spiro atoms. The third kappa shape index (κ3) is 3.45. The van der Waals surface area contributed by atoms with Crippen LogP contribution in [0.2, 0.25) is 0 Å². The molecular formula is C11H18N2O4. The van der Waals surface area contributed by atoms with Crippen LogP contribution < -0.4 is 4.74 Å². The molecule has 0 radical (unpaired) electrons. The Bertz CT molecular complexity index is 387. The maximum absolute atomic E-state index is 11.0. The molecule has 1 rings (SSSR count). The summed E-state index contributed by atoms with van der Waals surface area (Å²) in [5, 5.41) is 13.1. The van der Waals surface area contributed by atoms with Crippen molar-refractivity contribution in [1.29, 1.82) is 0 Å². The van der Waals surface area contributed by atoms with Gasteiger partial charge < -0.3 is 14.6 Å². The zero-order valence-electron chi connectivity index (χ0n) is 10.4. The van der Waals surface area contributed by atoms with Crippen LogP contribution in [0.5, 0.6) is 5.88 Å². The van der Waals surface area contributed by atoms with Gasteiger partial charge in [0.05, 0.1) is 12.3 Å². The van der Waals surface area contributed by atoms with Crippen LogP contribution in [0.1, 0.15) is 29.4 Å². The molecule has 0 bridgehead atoms. The second-order valence-corrected chi connectivity index (χ2v) is 3.66. The highest BCUT2D eigenvalue weighted by Crippen LogP contribution is 2.20. The van der Waals surface area contributed by atoms with Gasteiger partial charge in [0, 0.05) is 13.7 Å². The van der Waals surface area contributed by atoms with Crippen LogP contribution in [0.3, 0.4) is 0 Å². The molecule has 0 aliphatic carbocycles. The van der Waals surface area contributed by atoms with E-state index in [-0.39, 0.29) is 11.4 Å². The molecule has 0 fully saturated rings. The van der Waals surface area contributed by atoms with Crippen LogP contribution in [0, 0.1) is 6.92 Å². The molecule has 0 saturated carbocycles. The third-order valence-electron chi connectivity index (χ3n) is 2.20. The Morgan fingerprint density at radius 1 is 1.41 bits per heavy atom. The number of carboxylic acids is 1. The summed E-state index contributed by atoms with van der Waals surface area (Å²) in [4.78, 5) is 11.0. The number of aromatic carboxylic acids is 1. The van der Waals surface area contributed by atoms with Gasteiger partial charge in [-0.15, -0.1) is 0 Å². The zero-order valence-corrected chi connectivity index (χ0v) is 10.4. The quantitative estimate of drug-likeness (QED) is 0.728. The van der Waals surface area contributed by atoms with Gasteiger partial charge in [0.15, 0.2) is 0 Å². The second kappa shape index (κ2) is 6.24. The molecule has 1 N–H and O–H groups in total. The summed E-state index contributed by atoms with van der Waals surface area (Å²) in [6.45, 7) is 5.10. The normalized spacial score (nSPS) is 10.5. The summed E-state index contributed by atoms with van der Waals surface area (Å²) in [6.07, 6.45) is 0.950. The van der Waals surface area contributed by atoms with Crippen molar-refractivity contribution >= 4 is 5.97 Å². The lowest BCUT2D eigenvalue weighted by Crippen LogP contribution is -2.11. The highest BCUT2D eigenvalue weighted by molar-refractivity contribution is 5.91. The number of hydrogen-bond acceptors (Lipinski definition) is 4. The van der Waals surface area contributed by atoms with Gasteiger partial charge in [0.1, 0.15) is 12.2 Å². The van der Waals surface area contributed by atoms with Crippen molar-refractivity contribution in [2.24, 2.45) is 7.05 Å². The van der Waals surface area contributed by atoms with Crippen molar-refractivity contribution in [1.82, 2.24) is 9.78 Å². The minimum atomic E-state index is -1.03. The van der Waals surface area contributed by atoms with Crippen LogP contribution in [-0.4, -0.2) is 40.7 Å². The monoisotopic (exact) mass is 242 g/mol. The number of ether oxygens (including phenoxy) is 2. The van der Waals surface area contributed by atoms with E-state index in [9.17, 15) is 4.79 Å². The number of rotatable bonds is 7. The lowest BCUT2D eigenvalue weighted by molar-refractivity contribution is 0.0682. The smallest absolute Gasteiger partial charge is 0.343 e. The summed E-state index contributed by atoms with van der Waals surface area (Å²) >= 11 is 0. The van der Waals surface area contributed by atoms with Crippen molar-refractivity contribution in [3.63, 3.8) is 0 Å². The van der Waals surface area contributed by atoms with Gasteiger partial charge >= 0.3 is 5.97 Å². The summed E-state index contributed by atoms with van der Waals surface area (Å²) in [5.41, 5.74) is 0.562. The fourth-order valence-corrected chi connectivity index (χ4v) is 1.49. The predicted octanol–water partition coefficient (Wildman–Crippen LogP) is 1.23. The maximum atomic E-state index is 11.0. The first-order valence-electron chi connectivity index (χ1n) is 5.55. The minimum absolute atomic E-state index is 0.114. The summed E-state index contributed by atoms with van der Waals surface area (Å²) in [7, 11) is 1.65. The molecule has 6 nitrogen and oxygen atoms in total. The molecule has 0 aliphatic rings. The molecule has 0 saturated heterocycles. The van der Waals surface area contributed by atoms with Crippen LogP contribution in [0.15, 0.2) is 0 Å². The predicted molar refractivity (Wildman–Crippen MR) is 61.5 cm³/mol. The number of hydrogen-bond donors (Lipinski definition) is 1. The number of aromatic nitrogens is 2. The van der Waals surface area contributed by atoms with Gasteiger partial charge in [0.25, 0.3) is 0 Å². The van der Waals surface area contributed by atoms with Crippen LogP contribution in [0.25, 0.3) is 0 Å². The Morgan fingerprint density at radius 2 is 2.12 bits per heavy atom. The lowest BCUT2D eigenvalue weighted by Gasteiger charge is -2.07. The van der Waals surface area contributed by atoms with Gasteiger partial charge in [-0.1, -0.05) is 6.92 Å². The van der Waals surface area contributed by atoms with Crippen LogP contribution in [-0.2, 0) is 11.8 Å². The molecule has 1 aromatic heterocycles. The zero-order chi connectivity index (χ0) is 12.8.